The molecule has 0 aromatic heterocycles. The summed E-state index contributed by atoms with van der Waals surface area (Å²) in [5.41, 5.74) is 3.95. The zero-order valence-corrected chi connectivity index (χ0v) is 17.4. The van der Waals surface area contributed by atoms with Crippen LogP contribution in [0.5, 0.6) is 23.0 Å². The molecule has 1 amide bonds. The van der Waals surface area contributed by atoms with E-state index in [4.69, 9.17) is 18.9 Å². The van der Waals surface area contributed by atoms with E-state index in [9.17, 15) is 14.4 Å². The lowest BCUT2D eigenvalue weighted by Crippen LogP contribution is -2.45. The number of hydrogen-bond acceptors (Lipinski definition) is 7. The van der Waals surface area contributed by atoms with E-state index in [1.165, 1.54) is 13.8 Å². The third kappa shape index (κ3) is 3.19. The number of amides is 1. The van der Waals surface area contributed by atoms with Crippen LogP contribution < -0.4 is 18.9 Å². The number of hydrogen-bond donors (Lipinski definition) is 0. The summed E-state index contributed by atoms with van der Waals surface area (Å²) in [7, 11) is 0. The molecule has 0 N–H and O–H groups in total. The Bertz CT molecular complexity index is 1140. The number of rotatable bonds is 2. The van der Waals surface area contributed by atoms with Crippen LogP contribution in [0.4, 0.5) is 0 Å². The number of nitrogens with zero attached hydrogens (tertiary/aromatic N) is 1. The minimum atomic E-state index is -0.521. The molecule has 2 unspecified atom stereocenters. The molecule has 8 heteroatoms. The molecule has 31 heavy (non-hydrogen) atoms. The molecule has 8 nitrogen and oxygen atoms in total. The Morgan fingerprint density at radius 3 is 1.90 bits per heavy atom. The largest absolute Gasteiger partial charge is 0.454 e. The molecule has 2 aromatic carbocycles. The van der Waals surface area contributed by atoms with Gasteiger partial charge in [0.1, 0.15) is 0 Å². The van der Waals surface area contributed by atoms with Crippen molar-refractivity contribution in [2.45, 2.75) is 45.7 Å². The van der Waals surface area contributed by atoms with Crippen molar-refractivity contribution in [3.8, 4) is 23.0 Å². The van der Waals surface area contributed by atoms with Crippen molar-refractivity contribution in [1.82, 2.24) is 4.90 Å². The van der Waals surface area contributed by atoms with Crippen molar-refractivity contribution in [3.05, 3.63) is 46.5 Å². The molecule has 0 fully saturated rings. The molecule has 0 radical (unpaired) electrons. The maximum absolute atomic E-state index is 12.7. The number of ether oxygens (including phenoxy) is 4. The van der Waals surface area contributed by atoms with Gasteiger partial charge in [0, 0.05) is 20.8 Å². The molecule has 0 aliphatic carbocycles. The van der Waals surface area contributed by atoms with Crippen molar-refractivity contribution < 1.29 is 33.3 Å². The second kappa shape index (κ2) is 7.01. The summed E-state index contributed by atoms with van der Waals surface area (Å²) in [5.74, 6) is 0.681. The van der Waals surface area contributed by atoms with Crippen LogP contribution in [0, 0.1) is 0 Å². The number of esters is 2. The van der Waals surface area contributed by atoms with Crippen molar-refractivity contribution in [1.29, 1.82) is 0 Å². The summed E-state index contributed by atoms with van der Waals surface area (Å²) in [6.07, 6.45) is 1.12. The monoisotopic (exact) mass is 423 g/mol. The van der Waals surface area contributed by atoms with E-state index in [0.717, 1.165) is 22.3 Å². The summed E-state index contributed by atoms with van der Waals surface area (Å²) < 4.78 is 21.7. The lowest BCUT2D eigenvalue weighted by molar-refractivity contribution is -0.136. The molecule has 2 atom stereocenters. The molecule has 5 rings (SSSR count). The summed E-state index contributed by atoms with van der Waals surface area (Å²) >= 11 is 0. The highest BCUT2D eigenvalue weighted by Gasteiger charge is 2.43. The predicted molar refractivity (Wildman–Crippen MR) is 107 cm³/mol. The van der Waals surface area contributed by atoms with Crippen LogP contribution in [0.3, 0.4) is 0 Å². The van der Waals surface area contributed by atoms with Crippen LogP contribution in [0.15, 0.2) is 24.3 Å². The first-order valence-corrected chi connectivity index (χ1v) is 10.1. The molecule has 160 valence electrons. The maximum atomic E-state index is 12.7. The van der Waals surface area contributed by atoms with E-state index < -0.39 is 11.9 Å². The summed E-state index contributed by atoms with van der Waals surface area (Å²) in [4.78, 5) is 37.7. The fourth-order valence-corrected chi connectivity index (χ4v) is 4.85. The van der Waals surface area contributed by atoms with Gasteiger partial charge in [-0.2, -0.15) is 0 Å². The molecule has 0 spiro atoms. The first kappa shape index (κ1) is 19.4. The van der Waals surface area contributed by atoms with E-state index in [0.29, 0.717) is 24.3 Å². The van der Waals surface area contributed by atoms with Crippen LogP contribution >= 0.6 is 0 Å². The van der Waals surface area contributed by atoms with E-state index >= 15 is 0 Å². The van der Waals surface area contributed by atoms with Crippen LogP contribution in [0.25, 0.3) is 0 Å². The summed E-state index contributed by atoms with van der Waals surface area (Å²) in [6.45, 7) is 4.32. The van der Waals surface area contributed by atoms with Gasteiger partial charge in [-0.15, -0.1) is 0 Å². The highest BCUT2D eigenvalue weighted by molar-refractivity contribution is 5.77. The first-order valence-electron chi connectivity index (χ1n) is 10.1. The van der Waals surface area contributed by atoms with E-state index in [2.05, 4.69) is 0 Å². The lowest BCUT2D eigenvalue weighted by Gasteiger charge is -2.47. The number of fused-ring (bicyclic) bond motifs is 7. The van der Waals surface area contributed by atoms with Crippen molar-refractivity contribution in [3.63, 3.8) is 0 Å². The first-order chi connectivity index (χ1) is 14.8. The van der Waals surface area contributed by atoms with E-state index in [1.54, 1.807) is 19.1 Å². The smallest absolute Gasteiger partial charge is 0.308 e. The highest BCUT2D eigenvalue weighted by Crippen LogP contribution is 2.51. The van der Waals surface area contributed by atoms with Gasteiger partial charge in [0.05, 0.1) is 12.1 Å². The third-order valence-electron chi connectivity index (χ3n) is 5.93. The SMILES string of the molecule is CC(=O)Oc1cc2c(cc1OC(C)=O)C1Cc3cc4c(cc3C(C2)N1C(C)=O)OCO4. The molecule has 2 bridgehead atoms. The summed E-state index contributed by atoms with van der Waals surface area (Å²) in [5, 5.41) is 0. The molecule has 2 aromatic rings. The second-order valence-corrected chi connectivity index (χ2v) is 7.96. The van der Waals surface area contributed by atoms with Crippen LogP contribution in [0.2, 0.25) is 0 Å². The Morgan fingerprint density at radius 1 is 0.806 bits per heavy atom. The maximum Gasteiger partial charge on any atom is 0.308 e. The van der Waals surface area contributed by atoms with Crippen LogP contribution in [0.1, 0.15) is 55.1 Å². The standard InChI is InChI=1S/C23H21NO7/c1-11(25)24-18-5-15-7-22(30-12(2)26)23(31-13(3)27)9-17(15)19(24)4-14-6-20-21(8-16(14)18)29-10-28-20/h6-9,18-19H,4-5,10H2,1-3H3. The van der Waals surface area contributed by atoms with Crippen LogP contribution in [-0.2, 0) is 27.2 Å². The molecule has 0 saturated heterocycles. The van der Waals surface area contributed by atoms with Crippen molar-refractivity contribution >= 4 is 17.8 Å². The molecule has 3 aliphatic rings. The van der Waals surface area contributed by atoms with Gasteiger partial charge in [0.2, 0.25) is 12.7 Å². The zero-order chi connectivity index (χ0) is 21.9. The van der Waals surface area contributed by atoms with E-state index in [1.807, 2.05) is 17.0 Å². The van der Waals surface area contributed by atoms with E-state index in [-0.39, 0.29) is 36.3 Å². The normalized spacial score (nSPS) is 19.9. The van der Waals surface area contributed by atoms with Gasteiger partial charge in [0.15, 0.2) is 23.0 Å². The Balaban J connectivity index is 1.65. The van der Waals surface area contributed by atoms with Gasteiger partial charge < -0.3 is 23.8 Å². The lowest BCUT2D eigenvalue weighted by atomic mass is 9.76. The van der Waals surface area contributed by atoms with Crippen molar-refractivity contribution in [2.24, 2.45) is 0 Å². The molecular weight excluding hydrogens is 402 g/mol. The number of benzene rings is 2. The average Bonchev–Trinajstić information content (AvgIpc) is 3.14. The number of carbonyl (C=O) groups is 3. The topological polar surface area (TPSA) is 91.4 Å². The van der Waals surface area contributed by atoms with Crippen molar-refractivity contribution in [2.75, 3.05) is 6.79 Å². The highest BCUT2D eigenvalue weighted by atomic mass is 16.7. The van der Waals surface area contributed by atoms with Gasteiger partial charge in [-0.1, -0.05) is 0 Å². The van der Waals surface area contributed by atoms with Gasteiger partial charge in [-0.3, -0.25) is 14.4 Å². The van der Waals surface area contributed by atoms with Gasteiger partial charge in [-0.05, 0) is 59.4 Å². The fraction of sp³-hybridized carbons (Fsp3) is 0.348. The Kier molecular flexibility index (Phi) is 4.39. The third-order valence-corrected chi connectivity index (χ3v) is 5.93. The second-order valence-electron chi connectivity index (χ2n) is 7.96. The predicted octanol–water partition coefficient (Wildman–Crippen LogP) is 3.01. The Morgan fingerprint density at radius 2 is 1.32 bits per heavy atom. The zero-order valence-electron chi connectivity index (χ0n) is 17.4. The molecular formula is C23H21NO7. The van der Waals surface area contributed by atoms with Gasteiger partial charge in [0.25, 0.3) is 0 Å². The quantitative estimate of drug-likeness (QED) is 0.542. The minimum absolute atomic E-state index is 0.0398. The fourth-order valence-electron chi connectivity index (χ4n) is 4.85. The molecule has 0 saturated carbocycles. The Hall–Kier alpha value is -3.55. The number of carbonyl (C=O) groups excluding carboxylic acids is 3. The van der Waals surface area contributed by atoms with Gasteiger partial charge >= 0.3 is 11.9 Å². The Labute approximate surface area is 178 Å². The molecule has 3 heterocycles. The van der Waals surface area contributed by atoms with Crippen LogP contribution in [-0.4, -0.2) is 29.5 Å². The molecule has 3 aliphatic heterocycles. The summed E-state index contributed by atoms with van der Waals surface area (Å²) in [6, 6.07) is 6.98. The minimum Gasteiger partial charge on any atom is -0.454 e. The average molecular weight is 423 g/mol. The van der Waals surface area contributed by atoms with Gasteiger partial charge in [-0.25, -0.2) is 0 Å².